The van der Waals surface area contributed by atoms with Crippen LogP contribution < -0.4 is 11.2 Å². The van der Waals surface area contributed by atoms with Crippen molar-refractivity contribution in [2.75, 3.05) is 7.05 Å². The van der Waals surface area contributed by atoms with Crippen LogP contribution in [0, 0.1) is 0 Å². The summed E-state index contributed by atoms with van der Waals surface area (Å²) in [6.45, 7) is 3.97. The van der Waals surface area contributed by atoms with Crippen LogP contribution >= 0.6 is 0 Å². The van der Waals surface area contributed by atoms with E-state index in [1.807, 2.05) is 13.8 Å². The van der Waals surface area contributed by atoms with Gasteiger partial charge in [-0.3, -0.25) is 0 Å². The van der Waals surface area contributed by atoms with Crippen LogP contribution in [0.25, 0.3) is 0 Å². The molecule has 0 aliphatic carbocycles. The molecule has 3 heteroatoms. The number of rotatable bonds is 3. The summed E-state index contributed by atoms with van der Waals surface area (Å²) in [6, 6.07) is 0.0717. The van der Waals surface area contributed by atoms with Crippen LogP contribution in [0.5, 0.6) is 0 Å². The first kappa shape index (κ1) is 8.43. The van der Waals surface area contributed by atoms with E-state index >= 15 is 0 Å². The largest absolute Gasteiger partial charge is 0.323 e. The third-order valence-corrected chi connectivity index (χ3v) is 1.14. The van der Waals surface area contributed by atoms with Crippen LogP contribution in [0.3, 0.4) is 0 Å². The van der Waals surface area contributed by atoms with E-state index in [0.717, 1.165) is 12.1 Å². The first-order valence-corrected chi connectivity index (χ1v) is 3.21. The maximum Gasteiger partial charge on any atom is 0.0539 e. The molecular weight excluding hydrogens is 114 g/mol. The molecule has 0 radical (unpaired) electrons. The Morgan fingerprint density at radius 3 is 2.44 bits per heavy atom. The summed E-state index contributed by atoms with van der Waals surface area (Å²) in [5.41, 5.74) is 9.28. The normalized spacial score (nSPS) is 15.3. The number of nitrogens with zero attached hydrogens (tertiary/aromatic N) is 1. The van der Waals surface area contributed by atoms with Gasteiger partial charge in [-0.1, -0.05) is 6.92 Å². The van der Waals surface area contributed by atoms with Crippen LogP contribution in [-0.2, 0) is 0 Å². The fourth-order valence-corrected chi connectivity index (χ4v) is 0.646. The molecule has 1 atom stereocenters. The lowest BCUT2D eigenvalue weighted by Gasteiger charge is -2.05. The molecular formula is C6H15N3. The van der Waals surface area contributed by atoms with Crippen molar-refractivity contribution in [2.24, 2.45) is 10.8 Å². The molecule has 0 aromatic rings. The third kappa shape index (κ3) is 3.08. The Kier molecular flexibility index (Phi) is 4.05. The van der Waals surface area contributed by atoms with Gasteiger partial charge in [0.1, 0.15) is 0 Å². The Balaban J connectivity index is 3.81. The second kappa shape index (κ2) is 4.32. The highest BCUT2D eigenvalue weighted by Gasteiger charge is 2.00. The smallest absolute Gasteiger partial charge is 0.0539 e. The van der Waals surface area contributed by atoms with Crippen LogP contribution in [0.15, 0.2) is 5.10 Å². The van der Waals surface area contributed by atoms with Gasteiger partial charge < -0.3 is 11.2 Å². The molecule has 0 amide bonds. The molecule has 3 N–H and O–H groups in total. The minimum atomic E-state index is 0.0717. The fraction of sp³-hybridized carbons (Fsp3) is 0.833. The zero-order valence-electron chi connectivity index (χ0n) is 6.31. The first-order valence-electron chi connectivity index (χ1n) is 3.21. The van der Waals surface area contributed by atoms with Gasteiger partial charge in [-0.25, -0.2) is 0 Å². The predicted molar refractivity (Wildman–Crippen MR) is 40.4 cm³/mol. The standard InChI is InChI=1S/C6H15N3/c1-4-6(5(2)7)9-8-3/h5,8H,4,7H2,1-3H3/b9-6-. The zero-order chi connectivity index (χ0) is 7.28. The number of hydrogen-bond acceptors (Lipinski definition) is 3. The Morgan fingerprint density at radius 1 is 1.78 bits per heavy atom. The van der Waals surface area contributed by atoms with Gasteiger partial charge in [0.15, 0.2) is 0 Å². The number of nitrogens with two attached hydrogens (primary N) is 1. The molecule has 1 unspecified atom stereocenters. The highest BCUT2D eigenvalue weighted by Crippen LogP contribution is 1.88. The van der Waals surface area contributed by atoms with E-state index in [0.29, 0.717) is 0 Å². The summed E-state index contributed by atoms with van der Waals surface area (Å²) >= 11 is 0. The molecule has 0 heterocycles. The van der Waals surface area contributed by atoms with Crippen LogP contribution in [0.1, 0.15) is 20.3 Å². The average molecular weight is 129 g/mol. The summed E-state index contributed by atoms with van der Waals surface area (Å²) < 4.78 is 0. The second-order valence-corrected chi connectivity index (χ2v) is 1.97. The predicted octanol–water partition coefficient (Wildman–Crippen LogP) is 0.319. The fourth-order valence-electron chi connectivity index (χ4n) is 0.646. The maximum absolute atomic E-state index is 5.56. The summed E-state index contributed by atoms with van der Waals surface area (Å²) in [6.07, 6.45) is 0.915. The van der Waals surface area contributed by atoms with E-state index in [4.69, 9.17) is 5.73 Å². The molecule has 0 aliphatic rings. The molecule has 0 saturated carbocycles. The summed E-state index contributed by atoms with van der Waals surface area (Å²) in [7, 11) is 1.78. The molecule has 0 spiro atoms. The third-order valence-electron chi connectivity index (χ3n) is 1.14. The topological polar surface area (TPSA) is 50.4 Å². The zero-order valence-corrected chi connectivity index (χ0v) is 6.31. The Hall–Kier alpha value is -0.570. The van der Waals surface area contributed by atoms with Crippen molar-refractivity contribution in [3.05, 3.63) is 0 Å². The van der Waals surface area contributed by atoms with Crippen LogP contribution in [0.2, 0.25) is 0 Å². The van der Waals surface area contributed by atoms with Gasteiger partial charge in [-0.15, -0.1) is 0 Å². The second-order valence-electron chi connectivity index (χ2n) is 1.97. The minimum Gasteiger partial charge on any atom is -0.323 e. The molecule has 0 aromatic heterocycles. The molecule has 0 rings (SSSR count). The van der Waals surface area contributed by atoms with Crippen LogP contribution in [-0.4, -0.2) is 18.8 Å². The highest BCUT2D eigenvalue weighted by atomic mass is 15.3. The van der Waals surface area contributed by atoms with E-state index in [1.54, 1.807) is 7.05 Å². The molecule has 9 heavy (non-hydrogen) atoms. The van der Waals surface area contributed by atoms with Gasteiger partial charge in [-0.05, 0) is 13.3 Å². The molecule has 54 valence electrons. The molecule has 0 aliphatic heterocycles. The van der Waals surface area contributed by atoms with Crippen molar-refractivity contribution in [3.63, 3.8) is 0 Å². The molecule has 3 nitrogen and oxygen atoms in total. The molecule has 0 saturated heterocycles. The Labute approximate surface area is 56.3 Å². The monoisotopic (exact) mass is 129 g/mol. The van der Waals surface area contributed by atoms with Gasteiger partial charge in [0.25, 0.3) is 0 Å². The van der Waals surface area contributed by atoms with Crippen molar-refractivity contribution in [1.82, 2.24) is 5.43 Å². The van der Waals surface area contributed by atoms with E-state index < -0.39 is 0 Å². The van der Waals surface area contributed by atoms with Crippen molar-refractivity contribution in [3.8, 4) is 0 Å². The lowest BCUT2D eigenvalue weighted by atomic mass is 10.2. The molecule has 0 fully saturated rings. The van der Waals surface area contributed by atoms with E-state index in [-0.39, 0.29) is 6.04 Å². The molecule has 0 bridgehead atoms. The summed E-state index contributed by atoms with van der Waals surface area (Å²) in [4.78, 5) is 0. The number of hydrogen-bond donors (Lipinski definition) is 2. The van der Waals surface area contributed by atoms with Crippen LogP contribution in [0.4, 0.5) is 0 Å². The first-order chi connectivity index (χ1) is 4.22. The Morgan fingerprint density at radius 2 is 2.33 bits per heavy atom. The summed E-state index contributed by atoms with van der Waals surface area (Å²) in [5.74, 6) is 0. The average Bonchev–Trinajstić information content (AvgIpc) is 1.82. The van der Waals surface area contributed by atoms with Crippen molar-refractivity contribution >= 4 is 5.71 Å². The van der Waals surface area contributed by atoms with Gasteiger partial charge in [0.05, 0.1) is 5.71 Å². The van der Waals surface area contributed by atoms with Crippen molar-refractivity contribution in [1.29, 1.82) is 0 Å². The Bertz CT molecular complexity index is 96.5. The quantitative estimate of drug-likeness (QED) is 0.426. The lowest BCUT2D eigenvalue weighted by molar-refractivity contribution is 0.846. The number of hydrazone groups is 1. The van der Waals surface area contributed by atoms with E-state index in [1.165, 1.54) is 0 Å². The summed E-state index contributed by atoms with van der Waals surface area (Å²) in [5, 5.41) is 3.98. The minimum absolute atomic E-state index is 0.0717. The maximum atomic E-state index is 5.56. The van der Waals surface area contributed by atoms with Gasteiger partial charge >= 0.3 is 0 Å². The van der Waals surface area contributed by atoms with Crippen molar-refractivity contribution < 1.29 is 0 Å². The van der Waals surface area contributed by atoms with E-state index in [2.05, 4.69) is 10.5 Å². The van der Waals surface area contributed by atoms with Gasteiger partial charge in [0.2, 0.25) is 0 Å². The lowest BCUT2D eigenvalue weighted by Crippen LogP contribution is -2.27. The molecule has 0 aromatic carbocycles. The van der Waals surface area contributed by atoms with Gasteiger partial charge in [0, 0.05) is 13.1 Å². The highest BCUT2D eigenvalue weighted by molar-refractivity contribution is 5.88. The van der Waals surface area contributed by atoms with Gasteiger partial charge in [-0.2, -0.15) is 5.10 Å². The van der Waals surface area contributed by atoms with E-state index in [9.17, 15) is 0 Å². The van der Waals surface area contributed by atoms with Crippen molar-refractivity contribution in [2.45, 2.75) is 26.3 Å². The number of nitrogens with one attached hydrogen (secondary N) is 1. The SMILES string of the molecule is CC/C(=N/NC)C(C)N.